The maximum Gasteiger partial charge on any atom is 0.322 e. The number of aliphatic hydroxyl groups is 1. The van der Waals surface area contributed by atoms with Crippen molar-refractivity contribution < 1.29 is 19.4 Å². The van der Waals surface area contributed by atoms with Crippen LogP contribution in [0.25, 0.3) is 0 Å². The maximum absolute atomic E-state index is 13.8. The van der Waals surface area contributed by atoms with E-state index in [4.69, 9.17) is 9.47 Å². The summed E-state index contributed by atoms with van der Waals surface area (Å²) in [6.45, 7) is 11.4. The number of rotatable bonds is 11. The summed E-state index contributed by atoms with van der Waals surface area (Å²) in [4.78, 5) is 28.6. The van der Waals surface area contributed by atoms with Gasteiger partial charge >= 0.3 is 6.03 Å². The van der Waals surface area contributed by atoms with Crippen LogP contribution in [0, 0.1) is 5.92 Å². The number of nitrogens with zero attached hydrogens (tertiary/aromatic N) is 6. The van der Waals surface area contributed by atoms with E-state index in [0.29, 0.717) is 32.1 Å². The summed E-state index contributed by atoms with van der Waals surface area (Å²) in [6.07, 6.45) is 5.15. The molecule has 1 spiro atoms. The van der Waals surface area contributed by atoms with Gasteiger partial charge in [-0.1, -0.05) is 12.1 Å². The highest BCUT2D eigenvalue weighted by Gasteiger charge is 2.50. The molecule has 3 aliphatic heterocycles. The molecule has 4 rings (SSSR count). The Morgan fingerprint density at radius 2 is 2.10 bits per heavy atom. The molecule has 0 radical (unpaired) electrons. The number of carbonyl (C=O) groups excluding carboxylic acids is 1. The number of aliphatic imine (C=N–C) groups is 2. The standard InChI is InChI=1S/C28H41N7O4/c1-27(2,37)18-33-11-9-28(10-12-33)19-34(26(36)35(28)17-21-7-6-8-23(13-21)38-4)20-30-16-24(25(29-3)39-5)22-14-31-32-15-22/h6-8,13-14,16,22,32,37H,3,9-12,15,17-20H2,1-2,4-5H3/b25-24-,30-16-. The minimum Gasteiger partial charge on any atom is -0.497 e. The Kier molecular flexibility index (Phi) is 8.91. The first-order valence-corrected chi connectivity index (χ1v) is 13.3. The molecule has 3 heterocycles. The van der Waals surface area contributed by atoms with E-state index in [1.54, 1.807) is 26.6 Å². The zero-order valence-electron chi connectivity index (χ0n) is 23.5. The molecule has 39 heavy (non-hydrogen) atoms. The Morgan fingerprint density at radius 1 is 1.33 bits per heavy atom. The van der Waals surface area contributed by atoms with Crippen molar-refractivity contribution in [3.63, 3.8) is 0 Å². The second kappa shape index (κ2) is 12.2. The number of hydrazone groups is 1. The molecular formula is C28H41N7O4. The Morgan fingerprint density at radius 3 is 2.72 bits per heavy atom. The van der Waals surface area contributed by atoms with E-state index in [2.05, 4.69) is 32.1 Å². The number of hydrogen-bond acceptors (Lipinski definition) is 9. The zero-order chi connectivity index (χ0) is 28.0. The number of benzene rings is 1. The second-order valence-corrected chi connectivity index (χ2v) is 11.1. The number of carbonyl (C=O) groups is 1. The summed E-state index contributed by atoms with van der Waals surface area (Å²) < 4.78 is 10.8. The number of urea groups is 1. The lowest BCUT2D eigenvalue weighted by molar-refractivity contribution is 0.00537. The molecule has 2 N–H and O–H groups in total. The van der Waals surface area contributed by atoms with Crippen molar-refractivity contribution >= 4 is 25.2 Å². The number of methoxy groups -OCH3 is 2. The first kappa shape index (κ1) is 28.6. The van der Waals surface area contributed by atoms with Gasteiger partial charge in [0.25, 0.3) is 0 Å². The van der Waals surface area contributed by atoms with E-state index in [1.165, 1.54) is 0 Å². The fraction of sp³-hybridized carbons (Fsp3) is 0.571. The van der Waals surface area contributed by atoms with Gasteiger partial charge in [0, 0.05) is 63.2 Å². The molecule has 0 bridgehead atoms. The molecule has 0 saturated carbocycles. The van der Waals surface area contributed by atoms with Gasteiger partial charge < -0.3 is 34.7 Å². The highest BCUT2D eigenvalue weighted by molar-refractivity contribution is 5.87. The average Bonchev–Trinajstić information content (AvgIpc) is 3.53. The number of amides is 2. The fourth-order valence-electron chi connectivity index (χ4n) is 5.64. The fourth-order valence-corrected chi connectivity index (χ4v) is 5.64. The zero-order valence-corrected chi connectivity index (χ0v) is 23.5. The first-order chi connectivity index (χ1) is 18.7. The van der Waals surface area contributed by atoms with E-state index in [1.807, 2.05) is 47.9 Å². The first-order valence-electron chi connectivity index (χ1n) is 13.3. The lowest BCUT2D eigenvalue weighted by Gasteiger charge is -2.45. The molecule has 1 aromatic carbocycles. The highest BCUT2D eigenvalue weighted by Crippen LogP contribution is 2.38. The van der Waals surface area contributed by atoms with Crippen molar-refractivity contribution in [2.45, 2.75) is 44.4 Å². The van der Waals surface area contributed by atoms with Crippen LogP contribution in [0.15, 0.2) is 50.8 Å². The summed E-state index contributed by atoms with van der Waals surface area (Å²) in [5.74, 6) is 1.12. The summed E-state index contributed by atoms with van der Waals surface area (Å²) >= 11 is 0. The van der Waals surface area contributed by atoms with Gasteiger partial charge in [0.1, 0.15) is 12.4 Å². The van der Waals surface area contributed by atoms with Crippen LogP contribution in [0.4, 0.5) is 4.79 Å². The molecule has 11 heteroatoms. The molecule has 0 aliphatic carbocycles. The summed E-state index contributed by atoms with van der Waals surface area (Å²) in [5.41, 5.74) is 3.65. The average molecular weight is 540 g/mol. The van der Waals surface area contributed by atoms with Gasteiger partial charge in [-0.3, -0.25) is 4.99 Å². The number of likely N-dealkylation sites (tertiary alicyclic amines) is 1. The monoisotopic (exact) mass is 539 g/mol. The molecular weight excluding hydrogens is 498 g/mol. The minimum atomic E-state index is -0.761. The number of ether oxygens (including phenoxy) is 2. The molecule has 212 valence electrons. The van der Waals surface area contributed by atoms with E-state index < -0.39 is 5.60 Å². The van der Waals surface area contributed by atoms with Crippen LogP contribution in [0.1, 0.15) is 32.3 Å². The molecule has 3 aliphatic rings. The third-order valence-corrected chi connectivity index (χ3v) is 7.55. The third-order valence-electron chi connectivity index (χ3n) is 7.55. The van der Waals surface area contributed by atoms with Gasteiger partial charge in [-0.15, -0.1) is 0 Å². The topological polar surface area (TPSA) is 115 Å². The maximum atomic E-state index is 13.8. The van der Waals surface area contributed by atoms with E-state index >= 15 is 0 Å². The number of hydrogen-bond donors (Lipinski definition) is 2. The Hall–Kier alpha value is -3.44. The van der Waals surface area contributed by atoms with Crippen molar-refractivity contribution in [1.82, 2.24) is 20.1 Å². The third kappa shape index (κ3) is 6.77. The number of nitrogens with one attached hydrogen (secondary N) is 1. The van der Waals surface area contributed by atoms with E-state index in [9.17, 15) is 9.90 Å². The van der Waals surface area contributed by atoms with Crippen LogP contribution in [0.2, 0.25) is 0 Å². The molecule has 11 nitrogen and oxygen atoms in total. The van der Waals surface area contributed by atoms with Crippen molar-refractivity contribution in [1.29, 1.82) is 0 Å². The minimum absolute atomic E-state index is 0.0330. The molecule has 1 atom stereocenters. The molecule has 2 amide bonds. The van der Waals surface area contributed by atoms with Crippen molar-refractivity contribution in [2.75, 3.05) is 53.6 Å². The number of β-amino-alcohol motifs (C(OH)–C–C–N with tert-alkyl or cyclic N) is 1. The Bertz CT molecular complexity index is 1120. The predicted octanol–water partition coefficient (Wildman–Crippen LogP) is 2.33. The molecule has 1 aromatic rings. The van der Waals surface area contributed by atoms with Crippen LogP contribution in [-0.4, -0.2) is 110 Å². The van der Waals surface area contributed by atoms with Crippen LogP contribution < -0.4 is 10.2 Å². The van der Waals surface area contributed by atoms with Gasteiger partial charge in [-0.05, 0) is 51.1 Å². The molecule has 0 aromatic heterocycles. The quantitative estimate of drug-likeness (QED) is 0.330. The van der Waals surface area contributed by atoms with E-state index in [-0.39, 0.29) is 24.2 Å². The smallest absolute Gasteiger partial charge is 0.322 e. The SMILES string of the molecule is C=N/C(OC)=C(\C=N/CN1CC2(CCN(CC(C)(C)O)CC2)N(Cc2cccc(OC)c2)C1=O)C1C=NNC1. The highest BCUT2D eigenvalue weighted by atomic mass is 16.5. The Balaban J connectivity index is 1.54. The predicted molar refractivity (Wildman–Crippen MR) is 152 cm³/mol. The van der Waals surface area contributed by atoms with Crippen LogP contribution in [0.3, 0.4) is 0 Å². The van der Waals surface area contributed by atoms with Crippen LogP contribution >= 0.6 is 0 Å². The summed E-state index contributed by atoms with van der Waals surface area (Å²) in [5, 5.41) is 14.4. The number of piperidine rings is 1. The lowest BCUT2D eigenvalue weighted by Crippen LogP contribution is -2.55. The summed E-state index contributed by atoms with van der Waals surface area (Å²) in [7, 11) is 3.19. The second-order valence-electron chi connectivity index (χ2n) is 11.1. The van der Waals surface area contributed by atoms with Gasteiger partial charge in [-0.25, -0.2) is 9.79 Å². The van der Waals surface area contributed by atoms with Gasteiger partial charge in [0.2, 0.25) is 5.88 Å². The Labute approximate surface area is 230 Å². The lowest BCUT2D eigenvalue weighted by atomic mass is 9.86. The van der Waals surface area contributed by atoms with Crippen LogP contribution in [0.5, 0.6) is 5.75 Å². The normalized spacial score (nSPS) is 22.0. The van der Waals surface area contributed by atoms with E-state index in [0.717, 1.165) is 42.8 Å². The molecule has 2 saturated heterocycles. The van der Waals surface area contributed by atoms with Crippen molar-refractivity contribution in [3.8, 4) is 5.75 Å². The van der Waals surface area contributed by atoms with Gasteiger partial charge in [0.15, 0.2) is 0 Å². The van der Waals surface area contributed by atoms with Gasteiger partial charge in [0.05, 0.1) is 25.4 Å². The molecule has 1 unspecified atom stereocenters. The summed E-state index contributed by atoms with van der Waals surface area (Å²) in [6, 6.07) is 7.83. The largest absolute Gasteiger partial charge is 0.497 e. The van der Waals surface area contributed by atoms with Gasteiger partial charge in [-0.2, -0.15) is 5.10 Å². The molecule has 2 fully saturated rings. The van der Waals surface area contributed by atoms with Crippen molar-refractivity contribution in [3.05, 3.63) is 41.3 Å². The van der Waals surface area contributed by atoms with Crippen molar-refractivity contribution in [2.24, 2.45) is 21.0 Å². The van der Waals surface area contributed by atoms with Crippen LogP contribution in [-0.2, 0) is 11.3 Å².